The molecule has 312 valence electrons. The molecule has 6 aromatic rings. The largest absolute Gasteiger partial charge is 0.494 e. The summed E-state index contributed by atoms with van der Waals surface area (Å²) in [5.41, 5.74) is 16.3. The van der Waals surface area contributed by atoms with Gasteiger partial charge in [-0.1, -0.05) is 0 Å². The first-order chi connectivity index (χ1) is 28.2. The summed E-state index contributed by atoms with van der Waals surface area (Å²) in [5, 5.41) is 11.9. The van der Waals surface area contributed by atoms with Crippen LogP contribution in [0.3, 0.4) is 0 Å². The third-order valence-electron chi connectivity index (χ3n) is 9.97. The average Bonchev–Trinajstić information content (AvgIpc) is 3.96. The van der Waals surface area contributed by atoms with Crippen LogP contribution < -0.4 is 26.3 Å². The molecule has 2 aromatic carbocycles. The predicted octanol–water partition coefficient (Wildman–Crippen LogP) is 4.13. The number of ketones is 1. The Balaban J connectivity index is 1.36. The van der Waals surface area contributed by atoms with Gasteiger partial charge in [0.2, 0.25) is 17.8 Å². The van der Waals surface area contributed by atoms with Gasteiger partial charge in [-0.15, -0.1) is 0 Å². The van der Waals surface area contributed by atoms with Crippen LogP contribution in [-0.4, -0.2) is 101 Å². The molecule has 59 heavy (non-hydrogen) atoms. The quantitative estimate of drug-likeness (QED) is 0.0734. The van der Waals surface area contributed by atoms with Crippen LogP contribution in [0.5, 0.6) is 11.5 Å². The highest BCUT2D eigenvalue weighted by Crippen LogP contribution is 2.33. The maximum absolute atomic E-state index is 13.8. The summed E-state index contributed by atoms with van der Waals surface area (Å²) >= 11 is 0. The van der Waals surface area contributed by atoms with Crippen molar-refractivity contribution in [3.8, 4) is 11.5 Å². The van der Waals surface area contributed by atoms with E-state index in [1.165, 1.54) is 7.11 Å². The second-order valence-electron chi connectivity index (χ2n) is 14.6. The van der Waals surface area contributed by atoms with Gasteiger partial charge in [0.15, 0.2) is 5.78 Å². The molecule has 0 fully saturated rings. The van der Waals surface area contributed by atoms with Crippen LogP contribution in [0.1, 0.15) is 92.0 Å². The zero-order valence-corrected chi connectivity index (χ0v) is 34.7. The van der Waals surface area contributed by atoms with E-state index in [0.717, 1.165) is 18.7 Å². The van der Waals surface area contributed by atoms with Gasteiger partial charge in [-0.2, -0.15) is 10.2 Å². The Labute approximate surface area is 341 Å². The van der Waals surface area contributed by atoms with Crippen LogP contribution in [-0.2, 0) is 32.6 Å². The normalized spacial score (nSPS) is 11.5. The molecule has 0 aliphatic rings. The number of amides is 3. The van der Waals surface area contributed by atoms with Crippen molar-refractivity contribution in [1.82, 2.24) is 43.6 Å². The molecule has 0 aliphatic carbocycles. The second kappa shape index (κ2) is 17.9. The highest BCUT2D eigenvalue weighted by Gasteiger charge is 2.24. The molecule has 4 heterocycles. The summed E-state index contributed by atoms with van der Waals surface area (Å²) in [4.78, 5) is 63.9. The molecule has 0 bridgehead atoms. The van der Waals surface area contributed by atoms with Crippen molar-refractivity contribution in [3.63, 3.8) is 0 Å². The van der Waals surface area contributed by atoms with E-state index >= 15 is 0 Å². The summed E-state index contributed by atoms with van der Waals surface area (Å²) in [6.07, 6.45) is 1.84. The lowest BCUT2D eigenvalue weighted by Crippen LogP contribution is -2.20. The molecule has 6 rings (SSSR count). The Morgan fingerprint density at radius 3 is 1.90 bits per heavy atom. The molecule has 0 saturated heterocycles. The van der Waals surface area contributed by atoms with Gasteiger partial charge in [0.05, 0.1) is 42.6 Å². The highest BCUT2D eigenvalue weighted by molar-refractivity contribution is 6.04. The standard InChI is InChI=1S/C41H52N12O6/c1-8-52-30(17-24(3)47-52)32(54)23-35-44-28-19-26(38(42)55)21-33(58-7)36(28)50(35)14-10-11-15-51-37-29(20-27(39(43)56)22-34(37)59-16-12-13-49(5)6)45-41(51)46-40(57)31-18-25(4)48-53(31)9-2/h17-22H,8-16,23H2,1-7H3,(H2,42,55)(H2,43,56)(H,45,46,57). The fourth-order valence-electron chi connectivity index (χ4n) is 7.23. The first-order valence-electron chi connectivity index (χ1n) is 19.6. The van der Waals surface area contributed by atoms with Gasteiger partial charge in [0, 0.05) is 43.9 Å². The summed E-state index contributed by atoms with van der Waals surface area (Å²) in [6, 6.07) is 9.86. The van der Waals surface area contributed by atoms with E-state index in [9.17, 15) is 19.2 Å². The number of aryl methyl sites for hydroxylation is 6. The number of methoxy groups -OCH3 is 1. The van der Waals surface area contributed by atoms with Crippen LogP contribution in [0.2, 0.25) is 0 Å². The zero-order valence-electron chi connectivity index (χ0n) is 34.7. The fourth-order valence-corrected chi connectivity index (χ4v) is 7.23. The van der Waals surface area contributed by atoms with Crippen molar-refractivity contribution in [3.05, 3.63) is 76.1 Å². The summed E-state index contributed by atoms with van der Waals surface area (Å²) < 4.78 is 19.2. The summed E-state index contributed by atoms with van der Waals surface area (Å²) in [5.74, 6) is -0.265. The van der Waals surface area contributed by atoms with Crippen molar-refractivity contribution in [1.29, 1.82) is 0 Å². The molecule has 18 nitrogen and oxygen atoms in total. The smallest absolute Gasteiger partial charge is 0.276 e. The van der Waals surface area contributed by atoms with Crippen molar-refractivity contribution in [2.45, 2.75) is 79.6 Å². The lowest BCUT2D eigenvalue weighted by atomic mass is 10.1. The van der Waals surface area contributed by atoms with E-state index in [-0.39, 0.29) is 29.3 Å². The van der Waals surface area contributed by atoms with Crippen molar-refractivity contribution < 1.29 is 28.7 Å². The lowest BCUT2D eigenvalue weighted by molar-refractivity contribution is 0.0975. The first-order valence-corrected chi connectivity index (χ1v) is 19.6. The number of fused-ring (bicyclic) bond motifs is 2. The number of anilines is 1. The van der Waals surface area contributed by atoms with Gasteiger partial charge in [-0.25, -0.2) is 9.97 Å². The van der Waals surface area contributed by atoms with E-state index < -0.39 is 17.7 Å². The molecule has 0 spiro atoms. The number of nitrogens with one attached hydrogen (secondary N) is 1. The molecule has 0 aliphatic heterocycles. The van der Waals surface area contributed by atoms with Gasteiger partial charge in [0.25, 0.3) is 5.91 Å². The van der Waals surface area contributed by atoms with Gasteiger partial charge < -0.3 is 35.0 Å². The Kier molecular flexibility index (Phi) is 12.8. The Hall–Kier alpha value is -6.56. The Bertz CT molecular complexity index is 2540. The maximum Gasteiger partial charge on any atom is 0.276 e. The van der Waals surface area contributed by atoms with Gasteiger partial charge in [-0.05, 0) is 97.5 Å². The number of nitrogens with two attached hydrogens (primary N) is 2. The minimum Gasteiger partial charge on any atom is -0.494 e. The van der Waals surface area contributed by atoms with Crippen LogP contribution in [0, 0.1) is 13.8 Å². The number of carbonyl (C=O) groups excluding carboxylic acids is 4. The van der Waals surface area contributed by atoms with E-state index in [1.54, 1.807) is 45.8 Å². The van der Waals surface area contributed by atoms with Crippen LogP contribution in [0.25, 0.3) is 22.1 Å². The minimum atomic E-state index is -0.637. The Morgan fingerprint density at radius 2 is 1.31 bits per heavy atom. The molecule has 4 aromatic heterocycles. The SMILES string of the molecule is CCn1nc(C)cc1C(=O)Cc1nc2cc(C(N)=O)cc(OC)c2n1CCCCn1c(NC(=O)c2cc(C)nn2CC)nc2cc(C(N)=O)cc(OCCCN(C)C)c21. The molecule has 18 heteroatoms. The molecular weight excluding hydrogens is 757 g/mol. The number of benzene rings is 2. The van der Waals surface area contributed by atoms with Gasteiger partial charge in [0.1, 0.15) is 39.7 Å². The predicted molar refractivity (Wildman–Crippen MR) is 222 cm³/mol. The number of hydrogen-bond donors (Lipinski definition) is 3. The number of hydrogen-bond acceptors (Lipinski definition) is 11. The number of rotatable bonds is 20. The van der Waals surface area contributed by atoms with Crippen LogP contribution >= 0.6 is 0 Å². The van der Waals surface area contributed by atoms with Crippen LogP contribution in [0.15, 0.2) is 36.4 Å². The summed E-state index contributed by atoms with van der Waals surface area (Å²) in [6.45, 7) is 10.5. The highest BCUT2D eigenvalue weighted by atomic mass is 16.5. The number of nitrogens with zero attached hydrogens (tertiary/aromatic N) is 9. The number of imidazole rings is 2. The lowest BCUT2D eigenvalue weighted by Gasteiger charge is -2.15. The molecule has 0 saturated carbocycles. The molecular formula is C41H52N12O6. The average molecular weight is 809 g/mol. The maximum atomic E-state index is 13.8. The number of Topliss-reactive ketones (excluding diaryl/α,β-unsaturated/α-hetero) is 1. The topological polar surface area (TPSA) is 225 Å². The minimum absolute atomic E-state index is 0.0260. The van der Waals surface area contributed by atoms with E-state index in [2.05, 4.69) is 20.4 Å². The number of carbonyl (C=O) groups is 4. The fraction of sp³-hybridized carbons (Fsp3) is 0.415. The molecule has 3 amide bonds. The third-order valence-corrected chi connectivity index (χ3v) is 9.97. The molecule has 0 atom stereocenters. The van der Waals surface area contributed by atoms with Crippen molar-refractivity contribution in [2.24, 2.45) is 11.5 Å². The second-order valence-corrected chi connectivity index (χ2v) is 14.6. The summed E-state index contributed by atoms with van der Waals surface area (Å²) in [7, 11) is 5.46. The van der Waals surface area contributed by atoms with Crippen molar-refractivity contribution >= 4 is 51.5 Å². The third kappa shape index (κ3) is 9.12. The van der Waals surface area contributed by atoms with Gasteiger partial charge >= 0.3 is 0 Å². The number of unbranched alkanes of at least 4 members (excludes halogenated alkanes) is 1. The molecule has 5 N–H and O–H groups in total. The van der Waals surface area contributed by atoms with E-state index in [1.807, 2.05) is 50.9 Å². The van der Waals surface area contributed by atoms with Crippen LogP contribution in [0.4, 0.5) is 5.95 Å². The zero-order chi connectivity index (χ0) is 42.5. The number of aromatic nitrogens is 8. The van der Waals surface area contributed by atoms with Crippen molar-refractivity contribution in [2.75, 3.05) is 39.7 Å². The first kappa shape index (κ1) is 42.1. The van der Waals surface area contributed by atoms with Gasteiger partial charge in [-0.3, -0.25) is 33.9 Å². The molecule has 0 unspecified atom stereocenters. The molecule has 0 radical (unpaired) electrons. The number of primary amides is 2. The number of ether oxygens (including phenoxy) is 2. The van der Waals surface area contributed by atoms with E-state index in [4.69, 9.17) is 30.9 Å². The Morgan fingerprint density at radius 1 is 0.746 bits per heavy atom. The monoisotopic (exact) mass is 808 g/mol. The van der Waals surface area contributed by atoms with E-state index in [0.29, 0.717) is 102 Å².